The van der Waals surface area contributed by atoms with Crippen LogP contribution in [0.2, 0.25) is 37.8 Å². The Balaban J connectivity index is 3.08. The largest absolute Gasteiger partial charge is 0.416 e. The van der Waals surface area contributed by atoms with Crippen LogP contribution in [0, 0.1) is 0 Å². The molecular formula is C10H23F3O3Si3. The van der Waals surface area contributed by atoms with Crippen molar-refractivity contribution in [3.63, 3.8) is 0 Å². The van der Waals surface area contributed by atoms with Crippen LogP contribution in [0.25, 0.3) is 0 Å². The van der Waals surface area contributed by atoms with E-state index in [2.05, 4.69) is 0 Å². The molecule has 19 heavy (non-hydrogen) atoms. The summed E-state index contributed by atoms with van der Waals surface area (Å²) in [5.41, 5.74) is 0. The summed E-state index contributed by atoms with van der Waals surface area (Å²) in [5, 5.41) is -1.04. The topological polar surface area (TPSA) is 27.7 Å². The Labute approximate surface area is 116 Å². The number of halogens is 3. The summed E-state index contributed by atoms with van der Waals surface area (Å²) in [6.07, 6.45) is -5.11. The molecule has 9 heteroatoms. The van der Waals surface area contributed by atoms with E-state index in [1.807, 2.05) is 26.2 Å². The van der Waals surface area contributed by atoms with E-state index < -0.39 is 43.3 Å². The van der Waals surface area contributed by atoms with Gasteiger partial charge in [-0.05, 0) is 32.7 Å². The van der Waals surface area contributed by atoms with Crippen molar-refractivity contribution in [1.82, 2.24) is 0 Å². The highest BCUT2D eigenvalue weighted by molar-refractivity contribution is 6.93. The van der Waals surface area contributed by atoms with E-state index in [0.717, 1.165) is 0 Å². The van der Waals surface area contributed by atoms with E-state index in [-0.39, 0.29) is 0 Å². The van der Waals surface area contributed by atoms with E-state index in [4.69, 9.17) is 12.3 Å². The van der Waals surface area contributed by atoms with Gasteiger partial charge in [0.25, 0.3) is 0 Å². The second-order valence-corrected chi connectivity index (χ2v) is 18.0. The van der Waals surface area contributed by atoms with Crippen molar-refractivity contribution < 1.29 is 25.5 Å². The fourth-order valence-corrected chi connectivity index (χ4v) is 19.1. The molecule has 0 saturated carbocycles. The molecule has 0 atom stereocenters. The molecular weight excluding hydrogens is 309 g/mol. The molecule has 0 aromatic carbocycles. The lowest BCUT2D eigenvalue weighted by molar-refractivity contribution is -0.142. The highest BCUT2D eigenvalue weighted by Gasteiger charge is 2.61. The predicted octanol–water partition coefficient (Wildman–Crippen LogP) is 4.26. The molecule has 1 heterocycles. The average molecular weight is 333 g/mol. The number of alkyl halides is 3. The van der Waals surface area contributed by atoms with E-state index >= 15 is 0 Å². The molecule has 0 unspecified atom stereocenters. The van der Waals surface area contributed by atoms with Gasteiger partial charge in [-0.25, -0.2) is 0 Å². The van der Waals surface area contributed by atoms with Gasteiger partial charge in [0.1, 0.15) is 0 Å². The minimum absolute atomic E-state index is 0.891. The van der Waals surface area contributed by atoms with E-state index in [0.29, 0.717) is 0 Å². The summed E-state index contributed by atoms with van der Waals surface area (Å²) in [6.45, 7) is 12.4. The maximum absolute atomic E-state index is 12.8. The van der Waals surface area contributed by atoms with E-state index in [1.54, 1.807) is 20.4 Å². The molecule has 1 aliphatic rings. The molecule has 0 radical (unpaired) electrons. The zero-order chi connectivity index (χ0) is 15.3. The van der Waals surface area contributed by atoms with Crippen LogP contribution in [-0.2, 0) is 12.3 Å². The van der Waals surface area contributed by atoms with Crippen LogP contribution in [0.4, 0.5) is 13.2 Å². The summed E-state index contributed by atoms with van der Waals surface area (Å²) in [4.78, 5) is 0. The lowest BCUT2D eigenvalue weighted by Crippen LogP contribution is -2.68. The molecule has 1 rings (SSSR count). The Morgan fingerprint density at radius 1 is 0.789 bits per heavy atom. The lowest BCUT2D eigenvalue weighted by Gasteiger charge is -2.53. The third kappa shape index (κ3) is 4.40. The van der Waals surface area contributed by atoms with E-state index in [1.165, 1.54) is 0 Å². The predicted molar refractivity (Wildman–Crippen MR) is 74.6 cm³/mol. The standard InChI is InChI=1S/C10H23F3O3Si3/c1-9(2,8-10(11,12)13)19(7)15-17(3,4)14-18(5,6)16-19/h8H2,1-7H3. The van der Waals surface area contributed by atoms with E-state index in [9.17, 15) is 13.2 Å². The first kappa shape index (κ1) is 17.4. The Morgan fingerprint density at radius 3 is 1.47 bits per heavy atom. The van der Waals surface area contributed by atoms with Gasteiger partial charge in [-0.1, -0.05) is 13.8 Å². The third-order valence-corrected chi connectivity index (χ3v) is 16.9. The Kier molecular flexibility index (Phi) is 4.27. The second-order valence-electron chi connectivity index (χ2n) is 6.73. The number of rotatable bonds is 2. The van der Waals surface area contributed by atoms with Crippen LogP contribution < -0.4 is 0 Å². The molecule has 3 nitrogen and oxygen atoms in total. The van der Waals surface area contributed by atoms with Crippen LogP contribution in [0.1, 0.15) is 20.3 Å². The molecule has 0 N–H and O–H groups in total. The lowest BCUT2D eigenvalue weighted by atomic mass is 10.1. The average Bonchev–Trinajstić information content (AvgIpc) is 1.89. The van der Waals surface area contributed by atoms with Gasteiger partial charge >= 0.3 is 31.9 Å². The maximum atomic E-state index is 12.8. The Hall–Kier alpha value is 0.321. The van der Waals surface area contributed by atoms with Crippen molar-refractivity contribution in [3.8, 4) is 0 Å². The van der Waals surface area contributed by atoms with Crippen molar-refractivity contribution in [2.45, 2.75) is 64.2 Å². The second kappa shape index (κ2) is 4.67. The Bertz CT molecular complexity index is 340. The minimum Gasteiger partial charge on any atom is -0.416 e. The van der Waals surface area contributed by atoms with Gasteiger partial charge in [-0.3, -0.25) is 0 Å². The highest BCUT2D eigenvalue weighted by atomic mass is 28.5. The minimum atomic E-state index is -4.22. The monoisotopic (exact) mass is 332 g/mol. The van der Waals surface area contributed by atoms with Crippen molar-refractivity contribution in [2.75, 3.05) is 0 Å². The molecule has 0 aromatic heterocycles. The molecule has 114 valence electrons. The number of hydrogen-bond acceptors (Lipinski definition) is 3. The van der Waals surface area contributed by atoms with Crippen LogP contribution in [-0.4, -0.2) is 31.9 Å². The molecule has 0 bridgehead atoms. The van der Waals surface area contributed by atoms with Crippen LogP contribution in [0.15, 0.2) is 0 Å². The number of hydrogen-bond donors (Lipinski definition) is 0. The zero-order valence-electron chi connectivity index (χ0n) is 12.6. The summed E-state index contributed by atoms with van der Waals surface area (Å²) in [5.74, 6) is 0. The molecule has 1 fully saturated rings. The van der Waals surface area contributed by atoms with Crippen molar-refractivity contribution >= 4 is 25.7 Å². The first-order chi connectivity index (χ1) is 8.08. The molecule has 0 aliphatic carbocycles. The first-order valence-corrected chi connectivity index (χ1v) is 14.2. The molecule has 0 aromatic rings. The van der Waals surface area contributed by atoms with Crippen LogP contribution in [0.5, 0.6) is 0 Å². The quantitative estimate of drug-likeness (QED) is 0.707. The van der Waals surface area contributed by atoms with Gasteiger partial charge in [-0.15, -0.1) is 0 Å². The summed E-state index contributed by atoms with van der Waals surface area (Å²) in [6, 6.07) is 0. The van der Waals surface area contributed by atoms with Gasteiger partial charge in [0.05, 0.1) is 6.42 Å². The van der Waals surface area contributed by atoms with Gasteiger partial charge < -0.3 is 12.3 Å². The molecule has 1 saturated heterocycles. The highest BCUT2D eigenvalue weighted by Crippen LogP contribution is 2.50. The summed E-state index contributed by atoms with van der Waals surface area (Å²) in [7, 11) is -7.80. The van der Waals surface area contributed by atoms with Crippen LogP contribution >= 0.6 is 0 Å². The van der Waals surface area contributed by atoms with Crippen LogP contribution in [0.3, 0.4) is 0 Å². The van der Waals surface area contributed by atoms with Gasteiger partial charge in [0.2, 0.25) is 0 Å². The van der Waals surface area contributed by atoms with Crippen molar-refractivity contribution in [1.29, 1.82) is 0 Å². The normalized spacial score (nSPS) is 26.2. The molecule has 0 spiro atoms. The smallest absolute Gasteiger partial charge is 0.389 e. The summed E-state index contributed by atoms with van der Waals surface area (Å²) < 4.78 is 56.1. The fraction of sp³-hybridized carbons (Fsp3) is 1.00. The molecule has 0 amide bonds. The zero-order valence-corrected chi connectivity index (χ0v) is 15.6. The Morgan fingerprint density at radius 2 is 1.16 bits per heavy atom. The summed E-state index contributed by atoms with van der Waals surface area (Å²) >= 11 is 0. The SMILES string of the molecule is CC(C)(CC(F)(F)F)[Si]1(C)O[Si](C)(C)O[Si](C)(C)O1. The van der Waals surface area contributed by atoms with Gasteiger partial charge in [0.15, 0.2) is 0 Å². The van der Waals surface area contributed by atoms with Crippen molar-refractivity contribution in [2.24, 2.45) is 0 Å². The third-order valence-electron chi connectivity index (χ3n) is 3.24. The van der Waals surface area contributed by atoms with Gasteiger partial charge in [-0.2, -0.15) is 13.2 Å². The van der Waals surface area contributed by atoms with Gasteiger partial charge in [0, 0.05) is 5.04 Å². The van der Waals surface area contributed by atoms with Crippen molar-refractivity contribution in [3.05, 3.63) is 0 Å². The maximum Gasteiger partial charge on any atom is 0.389 e. The molecule has 1 aliphatic heterocycles. The first-order valence-electron chi connectivity index (χ1n) is 6.25. The fourth-order valence-electron chi connectivity index (χ4n) is 2.53.